The van der Waals surface area contributed by atoms with Gasteiger partial charge in [0.15, 0.2) is 0 Å². The number of hydrogen-bond donors (Lipinski definition) is 3. The molecule has 0 spiro atoms. The Kier molecular flexibility index (Phi) is 3.94. The lowest BCUT2D eigenvalue weighted by Crippen LogP contribution is -2.26. The van der Waals surface area contributed by atoms with Gasteiger partial charge >= 0.3 is 0 Å². The molecule has 0 fully saturated rings. The number of aromatic hydroxyl groups is 1. The number of aromatic nitrogens is 1. The van der Waals surface area contributed by atoms with E-state index in [1.165, 1.54) is 0 Å². The Labute approximate surface area is 134 Å². The molecule has 0 radical (unpaired) electrons. The summed E-state index contributed by atoms with van der Waals surface area (Å²) in [7, 11) is 0. The van der Waals surface area contributed by atoms with Crippen LogP contribution in [0.3, 0.4) is 0 Å². The first kappa shape index (κ1) is 15.3. The molecule has 0 bridgehead atoms. The fraction of sp³-hybridized carbons (Fsp3) is 0.333. The van der Waals surface area contributed by atoms with Crippen LogP contribution in [0.2, 0.25) is 0 Å². The number of benzene rings is 1. The third kappa shape index (κ3) is 2.86. The summed E-state index contributed by atoms with van der Waals surface area (Å²) in [6, 6.07) is 5.70. The Morgan fingerprint density at radius 1 is 1.22 bits per heavy atom. The lowest BCUT2D eigenvalue weighted by atomic mass is 9.93. The lowest BCUT2D eigenvalue weighted by Gasteiger charge is -2.18. The summed E-state index contributed by atoms with van der Waals surface area (Å²) in [5.74, 6) is -0.753. The summed E-state index contributed by atoms with van der Waals surface area (Å²) in [4.78, 5) is 27.5. The zero-order valence-electron chi connectivity index (χ0n) is 13.3. The minimum absolute atomic E-state index is 0.175. The zero-order chi connectivity index (χ0) is 16.6. The van der Waals surface area contributed by atoms with E-state index in [1.807, 2.05) is 32.0 Å². The lowest BCUT2D eigenvalue weighted by molar-refractivity contribution is 0.102. The van der Waals surface area contributed by atoms with Gasteiger partial charge in [-0.2, -0.15) is 0 Å². The van der Waals surface area contributed by atoms with Crippen LogP contribution in [0, 0.1) is 13.8 Å². The van der Waals surface area contributed by atoms with Crippen LogP contribution in [0.15, 0.2) is 23.0 Å². The summed E-state index contributed by atoms with van der Waals surface area (Å²) in [5.41, 5.74) is 3.26. The summed E-state index contributed by atoms with van der Waals surface area (Å²) < 4.78 is 0. The number of aromatic amines is 1. The maximum atomic E-state index is 12.5. The number of carbonyl (C=O) groups is 1. The number of amides is 1. The van der Waals surface area contributed by atoms with Crippen LogP contribution in [0.4, 0.5) is 5.69 Å². The monoisotopic (exact) mass is 312 g/mol. The van der Waals surface area contributed by atoms with Gasteiger partial charge in [0.2, 0.25) is 0 Å². The van der Waals surface area contributed by atoms with E-state index in [1.54, 1.807) is 0 Å². The van der Waals surface area contributed by atoms with Gasteiger partial charge in [0, 0.05) is 16.9 Å². The highest BCUT2D eigenvalue weighted by Crippen LogP contribution is 2.29. The van der Waals surface area contributed by atoms with Crippen molar-refractivity contribution in [2.24, 2.45) is 0 Å². The number of pyridine rings is 1. The second-order valence-electron chi connectivity index (χ2n) is 6.11. The number of aryl methyl sites for hydroxylation is 3. The molecular weight excluding hydrogens is 292 g/mol. The van der Waals surface area contributed by atoms with E-state index < -0.39 is 11.5 Å². The molecule has 2 aromatic rings. The van der Waals surface area contributed by atoms with E-state index in [0.29, 0.717) is 17.7 Å². The van der Waals surface area contributed by atoms with Crippen LogP contribution >= 0.6 is 0 Å². The number of hydrogen-bond acceptors (Lipinski definition) is 3. The second-order valence-corrected chi connectivity index (χ2v) is 6.11. The maximum Gasteiger partial charge on any atom is 0.265 e. The van der Waals surface area contributed by atoms with Gasteiger partial charge in [0.1, 0.15) is 11.3 Å². The van der Waals surface area contributed by atoms with Gasteiger partial charge in [-0.05, 0) is 56.7 Å². The smallest absolute Gasteiger partial charge is 0.265 e. The Morgan fingerprint density at radius 3 is 2.74 bits per heavy atom. The summed E-state index contributed by atoms with van der Waals surface area (Å²) in [5, 5.41) is 13.1. The fourth-order valence-corrected chi connectivity index (χ4v) is 3.03. The molecule has 1 aromatic heterocycles. The predicted octanol–water partition coefficient (Wildman–Crippen LogP) is 2.83. The molecule has 0 unspecified atom stereocenters. The molecule has 1 heterocycles. The Bertz CT molecular complexity index is 837. The number of anilines is 1. The molecule has 0 aliphatic heterocycles. The maximum absolute atomic E-state index is 12.5. The number of carbonyl (C=O) groups excluding carboxylic acids is 1. The van der Waals surface area contributed by atoms with Gasteiger partial charge in [0.05, 0.1) is 0 Å². The van der Waals surface area contributed by atoms with Gasteiger partial charge < -0.3 is 15.4 Å². The van der Waals surface area contributed by atoms with Crippen LogP contribution < -0.4 is 10.9 Å². The largest absolute Gasteiger partial charge is 0.507 e. The molecule has 5 nitrogen and oxygen atoms in total. The molecule has 3 N–H and O–H groups in total. The molecule has 120 valence electrons. The van der Waals surface area contributed by atoms with Crippen LogP contribution in [0.5, 0.6) is 5.75 Å². The van der Waals surface area contributed by atoms with Crippen molar-refractivity contribution in [2.45, 2.75) is 39.5 Å². The zero-order valence-corrected chi connectivity index (χ0v) is 13.3. The highest BCUT2D eigenvalue weighted by atomic mass is 16.3. The third-order valence-electron chi connectivity index (χ3n) is 4.35. The van der Waals surface area contributed by atoms with Crippen LogP contribution in [-0.4, -0.2) is 16.0 Å². The van der Waals surface area contributed by atoms with Crippen molar-refractivity contribution in [3.05, 3.63) is 56.5 Å². The Morgan fingerprint density at radius 2 is 1.96 bits per heavy atom. The molecule has 1 aromatic carbocycles. The number of rotatable bonds is 2. The van der Waals surface area contributed by atoms with Crippen molar-refractivity contribution in [3.8, 4) is 5.75 Å². The molecule has 0 saturated carbocycles. The van der Waals surface area contributed by atoms with Crippen molar-refractivity contribution < 1.29 is 9.90 Å². The molecule has 5 heteroatoms. The van der Waals surface area contributed by atoms with Crippen molar-refractivity contribution >= 4 is 11.6 Å². The van der Waals surface area contributed by atoms with Gasteiger partial charge in [0.25, 0.3) is 11.5 Å². The summed E-state index contributed by atoms with van der Waals surface area (Å²) >= 11 is 0. The topological polar surface area (TPSA) is 82.2 Å². The first-order valence-corrected chi connectivity index (χ1v) is 7.83. The van der Waals surface area contributed by atoms with Crippen molar-refractivity contribution in [3.63, 3.8) is 0 Å². The minimum Gasteiger partial charge on any atom is -0.507 e. The molecule has 0 saturated heterocycles. The predicted molar refractivity (Wildman–Crippen MR) is 89.2 cm³/mol. The van der Waals surface area contributed by atoms with Crippen molar-refractivity contribution in [1.29, 1.82) is 0 Å². The third-order valence-corrected chi connectivity index (χ3v) is 4.35. The van der Waals surface area contributed by atoms with Gasteiger partial charge in [-0.15, -0.1) is 0 Å². The fourth-order valence-electron chi connectivity index (χ4n) is 3.03. The van der Waals surface area contributed by atoms with Crippen molar-refractivity contribution in [2.75, 3.05) is 5.32 Å². The van der Waals surface area contributed by atoms with E-state index in [4.69, 9.17) is 0 Å². The van der Waals surface area contributed by atoms with E-state index >= 15 is 0 Å². The molecule has 23 heavy (non-hydrogen) atoms. The number of fused-ring (bicyclic) bond motifs is 1. The standard InChI is InChI=1S/C18H20N2O3/c1-10-7-8-11(2)14(9-10)20-18(23)15-16(21)12-5-3-4-6-13(12)19-17(15)22/h7-9H,3-6H2,1-2H3,(H,20,23)(H2,19,21,22). The number of H-pyrrole nitrogens is 1. The van der Waals surface area contributed by atoms with E-state index in [-0.39, 0.29) is 11.3 Å². The molecule has 1 aliphatic carbocycles. The average molecular weight is 312 g/mol. The highest BCUT2D eigenvalue weighted by molar-refractivity contribution is 6.06. The van der Waals surface area contributed by atoms with Crippen LogP contribution in [0.25, 0.3) is 0 Å². The molecular formula is C18H20N2O3. The van der Waals surface area contributed by atoms with Crippen LogP contribution in [-0.2, 0) is 12.8 Å². The Hall–Kier alpha value is -2.56. The van der Waals surface area contributed by atoms with Crippen LogP contribution in [0.1, 0.15) is 45.6 Å². The Balaban J connectivity index is 2.00. The van der Waals surface area contributed by atoms with E-state index in [9.17, 15) is 14.7 Å². The molecule has 1 aliphatic rings. The van der Waals surface area contributed by atoms with E-state index in [0.717, 1.165) is 36.1 Å². The molecule has 3 rings (SSSR count). The van der Waals surface area contributed by atoms with Gasteiger partial charge in [-0.3, -0.25) is 9.59 Å². The minimum atomic E-state index is -0.578. The van der Waals surface area contributed by atoms with Gasteiger partial charge in [-0.25, -0.2) is 0 Å². The second kappa shape index (κ2) is 5.91. The summed E-state index contributed by atoms with van der Waals surface area (Å²) in [6.45, 7) is 3.81. The SMILES string of the molecule is Cc1ccc(C)c(NC(=O)c2c(O)c3c([nH]c2=O)CCCC3)c1. The summed E-state index contributed by atoms with van der Waals surface area (Å²) in [6.07, 6.45) is 3.35. The molecule has 0 atom stereocenters. The quantitative estimate of drug-likeness (QED) is 0.797. The first-order valence-electron chi connectivity index (χ1n) is 7.83. The normalized spacial score (nSPS) is 13.5. The molecule has 1 amide bonds. The first-order chi connectivity index (χ1) is 11.0. The van der Waals surface area contributed by atoms with E-state index in [2.05, 4.69) is 10.3 Å². The average Bonchev–Trinajstić information content (AvgIpc) is 2.51. The number of nitrogens with one attached hydrogen (secondary N) is 2. The highest BCUT2D eigenvalue weighted by Gasteiger charge is 2.24. The van der Waals surface area contributed by atoms with Gasteiger partial charge in [-0.1, -0.05) is 12.1 Å². The van der Waals surface area contributed by atoms with Crippen molar-refractivity contribution in [1.82, 2.24) is 4.98 Å².